The molecule has 0 radical (unpaired) electrons. The Morgan fingerprint density at radius 1 is 1.21 bits per heavy atom. The molecule has 4 aromatic rings. The van der Waals surface area contributed by atoms with E-state index in [9.17, 15) is 4.79 Å². The topological polar surface area (TPSA) is 125 Å². The zero-order chi connectivity index (χ0) is 26.6. The highest BCUT2D eigenvalue weighted by atomic mass is 32.1. The number of hydrogen-bond acceptors (Lipinski definition) is 7. The number of amidine groups is 1. The summed E-state index contributed by atoms with van der Waals surface area (Å²) in [6.07, 6.45) is 2.83. The van der Waals surface area contributed by atoms with Crippen LogP contribution in [0.15, 0.2) is 53.7 Å². The van der Waals surface area contributed by atoms with E-state index < -0.39 is 0 Å². The molecule has 0 atom stereocenters. The van der Waals surface area contributed by atoms with Gasteiger partial charge >= 0.3 is 0 Å². The number of amides is 1. The van der Waals surface area contributed by atoms with E-state index in [4.69, 9.17) is 20.9 Å². The van der Waals surface area contributed by atoms with Gasteiger partial charge in [-0.25, -0.2) is 14.5 Å². The van der Waals surface area contributed by atoms with Gasteiger partial charge in [-0.2, -0.15) is 5.10 Å². The third-order valence-electron chi connectivity index (χ3n) is 6.60. The van der Waals surface area contributed by atoms with Crippen molar-refractivity contribution in [2.75, 3.05) is 39.3 Å². The minimum absolute atomic E-state index is 0.133. The highest BCUT2D eigenvalue weighted by molar-refractivity contribution is 7.17. The number of fused-ring (bicyclic) bond motifs is 1. The van der Waals surface area contributed by atoms with Crippen molar-refractivity contribution < 1.29 is 9.53 Å². The van der Waals surface area contributed by atoms with Crippen LogP contribution < -0.4 is 10.5 Å². The number of aryl methyl sites for hydroxylation is 1. The van der Waals surface area contributed by atoms with E-state index in [1.807, 2.05) is 65.0 Å². The molecule has 1 amide bonds. The van der Waals surface area contributed by atoms with Crippen LogP contribution in [0, 0.1) is 12.3 Å². The Labute approximate surface area is 224 Å². The minimum Gasteiger partial charge on any atom is -0.492 e. The number of carbonyl (C=O) groups is 1. The number of nitrogens with two attached hydrogens (primary N) is 1. The van der Waals surface area contributed by atoms with Crippen LogP contribution in [0.2, 0.25) is 0 Å². The zero-order valence-corrected chi connectivity index (χ0v) is 22.2. The number of nitrogens with zero attached hydrogens (tertiary/aromatic N) is 6. The lowest BCUT2D eigenvalue weighted by molar-refractivity contribution is -0.130. The van der Waals surface area contributed by atoms with Gasteiger partial charge in [-0.1, -0.05) is 30.3 Å². The van der Waals surface area contributed by atoms with E-state index in [-0.39, 0.29) is 11.7 Å². The molecule has 1 saturated heterocycles. The van der Waals surface area contributed by atoms with Crippen LogP contribution in [0.3, 0.4) is 0 Å². The number of ether oxygens (including phenoxy) is 1. The summed E-state index contributed by atoms with van der Waals surface area (Å²) in [5, 5.41) is 12.8. The van der Waals surface area contributed by atoms with Gasteiger partial charge in [0.15, 0.2) is 0 Å². The maximum atomic E-state index is 11.5. The second-order valence-electron chi connectivity index (χ2n) is 9.06. The molecule has 1 aliphatic heterocycles. The second-order valence-corrected chi connectivity index (χ2v) is 10.1. The van der Waals surface area contributed by atoms with Crippen LogP contribution in [0.1, 0.15) is 17.5 Å². The van der Waals surface area contributed by atoms with Crippen molar-refractivity contribution in [3.63, 3.8) is 0 Å². The van der Waals surface area contributed by atoms with Crippen molar-refractivity contribution in [3.8, 4) is 27.6 Å². The molecular formula is C27H30N8O2S. The van der Waals surface area contributed by atoms with Gasteiger partial charge in [0.1, 0.15) is 29.5 Å². The highest BCUT2D eigenvalue weighted by Gasteiger charge is 2.22. The maximum Gasteiger partial charge on any atom is 0.219 e. The van der Waals surface area contributed by atoms with Crippen molar-refractivity contribution in [2.45, 2.75) is 13.8 Å². The molecule has 3 N–H and O–H groups in total. The fourth-order valence-corrected chi connectivity index (χ4v) is 5.70. The summed E-state index contributed by atoms with van der Waals surface area (Å²) in [5.74, 6) is 1.14. The summed E-state index contributed by atoms with van der Waals surface area (Å²) < 4.78 is 7.95. The summed E-state index contributed by atoms with van der Waals surface area (Å²) in [5.41, 5.74) is 10.5. The molecule has 10 nitrogen and oxygen atoms in total. The lowest BCUT2D eigenvalue weighted by Gasteiger charge is -2.34. The van der Waals surface area contributed by atoms with Gasteiger partial charge in [-0.05, 0) is 13.0 Å². The van der Waals surface area contributed by atoms with Crippen molar-refractivity contribution in [1.82, 2.24) is 24.4 Å². The fourth-order valence-electron chi connectivity index (χ4n) is 4.60. The van der Waals surface area contributed by atoms with Gasteiger partial charge in [0.05, 0.1) is 27.3 Å². The van der Waals surface area contributed by atoms with Gasteiger partial charge in [-0.15, -0.1) is 11.3 Å². The van der Waals surface area contributed by atoms with Crippen LogP contribution >= 0.6 is 11.3 Å². The molecule has 11 heteroatoms. The first-order valence-electron chi connectivity index (χ1n) is 12.4. The molecular weight excluding hydrogens is 500 g/mol. The monoisotopic (exact) mass is 530 g/mol. The Morgan fingerprint density at radius 2 is 1.97 bits per heavy atom. The van der Waals surface area contributed by atoms with E-state index in [2.05, 4.69) is 15.0 Å². The van der Waals surface area contributed by atoms with E-state index in [1.165, 1.54) is 11.3 Å². The summed E-state index contributed by atoms with van der Waals surface area (Å²) in [7, 11) is 0. The molecule has 0 unspecified atom stereocenters. The lowest BCUT2D eigenvalue weighted by Crippen LogP contribution is -2.48. The number of benzene rings is 1. The van der Waals surface area contributed by atoms with E-state index >= 15 is 0 Å². The average molecular weight is 531 g/mol. The molecule has 4 heterocycles. The highest BCUT2D eigenvalue weighted by Crippen LogP contribution is 2.37. The molecule has 1 aliphatic rings. The largest absolute Gasteiger partial charge is 0.492 e. The lowest BCUT2D eigenvalue weighted by atomic mass is 10.1. The van der Waals surface area contributed by atoms with Crippen molar-refractivity contribution >= 4 is 34.9 Å². The van der Waals surface area contributed by atoms with Gasteiger partial charge in [0, 0.05) is 57.5 Å². The molecule has 0 bridgehead atoms. The van der Waals surface area contributed by atoms with Crippen LogP contribution in [0.5, 0.6) is 5.75 Å². The fraction of sp³-hybridized carbons (Fsp3) is 0.296. The molecule has 0 aliphatic carbocycles. The quantitative estimate of drug-likeness (QED) is 0.266. The Morgan fingerprint density at radius 3 is 2.68 bits per heavy atom. The SMILES string of the molecule is CC(=O)N1CCN(CCOc2ccn3nc(C)c(-c4nc(-c5ccccc5)c(C(N)=NC=N)s4)c3c2)CC1. The number of carbonyl (C=O) groups excluding carboxylic acids is 1. The normalized spacial score (nSPS) is 14.7. The molecule has 1 aromatic carbocycles. The third-order valence-corrected chi connectivity index (χ3v) is 7.70. The average Bonchev–Trinajstić information content (AvgIpc) is 3.50. The molecule has 0 spiro atoms. The molecule has 38 heavy (non-hydrogen) atoms. The van der Waals surface area contributed by atoms with Crippen LogP contribution in [0.4, 0.5) is 0 Å². The number of piperazine rings is 1. The first-order valence-corrected chi connectivity index (χ1v) is 13.2. The molecule has 3 aromatic heterocycles. The molecule has 0 saturated carbocycles. The van der Waals surface area contributed by atoms with Gasteiger partial charge < -0.3 is 15.4 Å². The number of rotatable bonds is 8. The van der Waals surface area contributed by atoms with Gasteiger partial charge in [0.2, 0.25) is 5.91 Å². The summed E-state index contributed by atoms with van der Waals surface area (Å²) in [4.78, 5) is 25.4. The minimum atomic E-state index is 0.133. The molecule has 196 valence electrons. The van der Waals surface area contributed by atoms with Crippen LogP contribution in [-0.4, -0.2) is 81.8 Å². The molecule has 5 rings (SSSR count). The van der Waals surface area contributed by atoms with Crippen molar-refractivity contribution in [2.24, 2.45) is 10.7 Å². The Bertz CT molecular complexity index is 1490. The summed E-state index contributed by atoms with van der Waals surface area (Å²) >= 11 is 1.43. The van der Waals surface area contributed by atoms with E-state index in [0.29, 0.717) is 11.5 Å². The van der Waals surface area contributed by atoms with Gasteiger partial charge in [0.25, 0.3) is 0 Å². The Balaban J connectivity index is 1.40. The van der Waals surface area contributed by atoms with Crippen LogP contribution in [0.25, 0.3) is 27.3 Å². The predicted octanol–water partition coefficient (Wildman–Crippen LogP) is 3.29. The van der Waals surface area contributed by atoms with Crippen molar-refractivity contribution in [3.05, 3.63) is 59.2 Å². The Kier molecular flexibility index (Phi) is 7.47. The number of pyridine rings is 1. The van der Waals surface area contributed by atoms with Crippen LogP contribution in [-0.2, 0) is 4.79 Å². The second kappa shape index (κ2) is 11.1. The van der Waals surface area contributed by atoms with Gasteiger partial charge in [-0.3, -0.25) is 15.1 Å². The third kappa shape index (κ3) is 5.29. The number of aliphatic imine (C=N–C) groups is 1. The number of hydrogen-bond donors (Lipinski definition) is 2. The first kappa shape index (κ1) is 25.6. The van der Waals surface area contributed by atoms with Crippen molar-refractivity contribution in [1.29, 1.82) is 5.41 Å². The summed E-state index contributed by atoms with van der Waals surface area (Å²) in [6, 6.07) is 13.7. The predicted molar refractivity (Wildman–Crippen MR) is 150 cm³/mol. The smallest absolute Gasteiger partial charge is 0.219 e. The number of aromatic nitrogens is 3. The number of nitrogens with one attached hydrogen (secondary N) is 1. The first-order chi connectivity index (χ1) is 18.4. The maximum absolute atomic E-state index is 11.5. The summed E-state index contributed by atoms with van der Waals surface area (Å²) in [6.45, 7) is 8.16. The Hall–Kier alpha value is -4.09. The molecule has 1 fully saturated rings. The number of thiazole rings is 1. The van der Waals surface area contributed by atoms with E-state index in [1.54, 1.807) is 6.92 Å². The van der Waals surface area contributed by atoms with E-state index in [0.717, 1.165) is 77.9 Å². The zero-order valence-electron chi connectivity index (χ0n) is 21.4. The standard InChI is InChI=1S/C27H30N8O2S/c1-18-23(27-31-24(20-6-4-3-5-7-20)25(38-27)26(29)30-17-28)22-16-21(8-9-35(22)32-18)37-15-14-33-10-12-34(13-11-33)19(2)36/h3-9,16-17H,10-15H2,1-2H3,(H3,28,29,30).